The van der Waals surface area contributed by atoms with E-state index in [9.17, 15) is 18.0 Å². The molecule has 0 radical (unpaired) electrons. The lowest BCUT2D eigenvalue weighted by Crippen LogP contribution is -2.31. The van der Waals surface area contributed by atoms with Crippen molar-refractivity contribution in [2.75, 3.05) is 23.8 Å². The van der Waals surface area contributed by atoms with E-state index in [2.05, 4.69) is 25.6 Å². The first-order valence-corrected chi connectivity index (χ1v) is 13.3. The summed E-state index contributed by atoms with van der Waals surface area (Å²) in [4.78, 5) is 23.0. The number of fused-ring (bicyclic) bond motifs is 1. The van der Waals surface area contributed by atoms with Gasteiger partial charge in [-0.3, -0.25) is 9.59 Å². The van der Waals surface area contributed by atoms with Crippen LogP contribution in [0.3, 0.4) is 0 Å². The van der Waals surface area contributed by atoms with Gasteiger partial charge in [0.25, 0.3) is 0 Å². The van der Waals surface area contributed by atoms with Crippen LogP contribution in [0.4, 0.5) is 17.2 Å². The summed E-state index contributed by atoms with van der Waals surface area (Å²) in [5.74, 6) is -0.290. The first-order valence-electron chi connectivity index (χ1n) is 11.8. The Labute approximate surface area is 220 Å². The smallest absolute Gasteiger partial charge is 0.321 e. The van der Waals surface area contributed by atoms with Crippen LogP contribution in [0, 0.1) is 6.92 Å². The highest BCUT2D eigenvalue weighted by molar-refractivity contribution is 7.89. The van der Waals surface area contributed by atoms with Crippen molar-refractivity contribution >= 4 is 49.9 Å². The minimum Gasteiger partial charge on any atom is -0.465 e. The highest BCUT2D eigenvalue weighted by Gasteiger charge is 2.21. The molecule has 3 aromatic carbocycles. The molecule has 0 saturated heterocycles. The van der Waals surface area contributed by atoms with Gasteiger partial charge in [0.15, 0.2) is 5.82 Å². The molecule has 0 spiro atoms. The fraction of sp³-hybridized carbons (Fsp3) is 0.185. The third kappa shape index (κ3) is 6.13. The molecule has 0 saturated carbocycles. The maximum atomic E-state index is 13.0. The van der Waals surface area contributed by atoms with Crippen LogP contribution in [0.2, 0.25) is 0 Å². The largest absolute Gasteiger partial charge is 0.465 e. The molecule has 4 aromatic rings. The molecule has 3 N–H and O–H groups in total. The molecule has 1 amide bonds. The number of aryl methyl sites for hydroxylation is 1. The molecule has 0 aliphatic heterocycles. The molecule has 10 nitrogen and oxygen atoms in total. The number of hydrogen-bond donors (Lipinski definition) is 3. The Morgan fingerprint density at radius 3 is 2.29 bits per heavy atom. The van der Waals surface area contributed by atoms with Crippen LogP contribution in [0.25, 0.3) is 22.0 Å². The summed E-state index contributed by atoms with van der Waals surface area (Å²) in [6.07, 6.45) is 0. The lowest BCUT2D eigenvalue weighted by Gasteiger charge is -2.14. The Bertz CT molecular complexity index is 1600. The van der Waals surface area contributed by atoms with Gasteiger partial charge in [0.1, 0.15) is 12.2 Å². The number of carbonyl (C=O) groups excluding carboxylic acids is 2. The van der Waals surface area contributed by atoms with Crippen molar-refractivity contribution in [1.29, 1.82) is 0 Å². The summed E-state index contributed by atoms with van der Waals surface area (Å²) < 4.78 is 33.0. The zero-order valence-electron chi connectivity index (χ0n) is 21.1. The number of ether oxygens (including phenoxy) is 1. The van der Waals surface area contributed by atoms with Crippen molar-refractivity contribution in [3.05, 3.63) is 72.3 Å². The van der Waals surface area contributed by atoms with Crippen molar-refractivity contribution in [1.82, 2.24) is 14.9 Å². The Balaban J connectivity index is 1.67. The van der Waals surface area contributed by atoms with E-state index in [1.165, 1.54) is 13.0 Å². The molecule has 0 aliphatic rings. The van der Waals surface area contributed by atoms with Crippen LogP contribution in [0.5, 0.6) is 0 Å². The van der Waals surface area contributed by atoms with E-state index in [1.807, 2.05) is 36.4 Å². The molecule has 0 unspecified atom stereocenters. The minimum atomic E-state index is -3.99. The van der Waals surface area contributed by atoms with E-state index >= 15 is 0 Å². The van der Waals surface area contributed by atoms with Crippen LogP contribution in [-0.4, -0.2) is 43.6 Å². The molecule has 0 fully saturated rings. The number of nitrogens with one attached hydrogen (secondary N) is 3. The first kappa shape index (κ1) is 26.7. The van der Waals surface area contributed by atoms with Gasteiger partial charge in [-0.15, -0.1) is 10.2 Å². The highest BCUT2D eigenvalue weighted by atomic mass is 32.2. The molecule has 0 atom stereocenters. The number of rotatable bonds is 9. The number of amides is 1. The molecule has 1 heterocycles. The van der Waals surface area contributed by atoms with Gasteiger partial charge >= 0.3 is 5.97 Å². The third-order valence-corrected chi connectivity index (χ3v) is 7.16. The van der Waals surface area contributed by atoms with Crippen molar-refractivity contribution < 1.29 is 22.7 Å². The van der Waals surface area contributed by atoms with Crippen molar-refractivity contribution in [2.24, 2.45) is 0 Å². The minimum absolute atomic E-state index is 0.0339. The number of esters is 1. The predicted octanol–water partition coefficient (Wildman–Crippen LogP) is 4.15. The maximum absolute atomic E-state index is 13.0. The second-order valence-electron chi connectivity index (χ2n) is 8.44. The molecule has 11 heteroatoms. The van der Waals surface area contributed by atoms with Gasteiger partial charge < -0.3 is 15.4 Å². The fourth-order valence-electron chi connectivity index (χ4n) is 3.87. The quantitative estimate of drug-likeness (QED) is 0.273. The summed E-state index contributed by atoms with van der Waals surface area (Å²) in [5.41, 5.74) is 3.01. The van der Waals surface area contributed by atoms with Gasteiger partial charge in [0.2, 0.25) is 15.9 Å². The van der Waals surface area contributed by atoms with Gasteiger partial charge in [-0.1, -0.05) is 36.4 Å². The number of anilines is 3. The van der Waals surface area contributed by atoms with Crippen LogP contribution >= 0.6 is 0 Å². The zero-order valence-corrected chi connectivity index (χ0v) is 21.9. The number of hydrogen-bond acceptors (Lipinski definition) is 8. The van der Waals surface area contributed by atoms with Crippen LogP contribution < -0.4 is 15.4 Å². The molecule has 0 bridgehead atoms. The van der Waals surface area contributed by atoms with Gasteiger partial charge in [0.05, 0.1) is 11.5 Å². The second-order valence-corrected chi connectivity index (χ2v) is 10.2. The van der Waals surface area contributed by atoms with Crippen LogP contribution in [-0.2, 0) is 24.3 Å². The second kappa shape index (κ2) is 11.4. The molecule has 196 valence electrons. The van der Waals surface area contributed by atoms with E-state index in [4.69, 9.17) is 4.74 Å². The zero-order chi connectivity index (χ0) is 27.3. The lowest BCUT2D eigenvalue weighted by atomic mass is 10.0. The molecular formula is C27H27N5O5S. The van der Waals surface area contributed by atoms with E-state index in [0.29, 0.717) is 28.3 Å². The normalized spacial score (nSPS) is 11.2. The number of benzene rings is 3. The van der Waals surface area contributed by atoms with E-state index in [1.54, 1.807) is 38.1 Å². The maximum Gasteiger partial charge on any atom is 0.321 e. The molecular weight excluding hydrogens is 506 g/mol. The van der Waals surface area contributed by atoms with Gasteiger partial charge in [-0.25, -0.2) is 8.42 Å². The van der Waals surface area contributed by atoms with Gasteiger partial charge in [-0.05, 0) is 49.7 Å². The average molecular weight is 534 g/mol. The molecule has 4 rings (SSSR count). The van der Waals surface area contributed by atoms with Gasteiger partial charge in [0, 0.05) is 34.6 Å². The Morgan fingerprint density at radius 1 is 0.921 bits per heavy atom. The third-order valence-electron chi connectivity index (χ3n) is 5.62. The summed E-state index contributed by atoms with van der Waals surface area (Å²) in [5, 5.41) is 16.3. The average Bonchev–Trinajstić information content (AvgIpc) is 2.89. The number of carbonyl (C=O) groups is 2. The standard InChI is InChI=1S/C27H27N5O5S/c1-4-37-25(34)16-28-38(35,36)24-15-19(10-9-17(24)2)26-22-7-5-6-8-23(22)27(32-31-26)30-21-13-11-20(12-14-21)29-18(3)33/h5-15,28H,4,16H2,1-3H3,(H,29,33)(H,30,32). The van der Waals surface area contributed by atoms with E-state index in [-0.39, 0.29) is 17.4 Å². The number of nitrogens with zero attached hydrogens (tertiary/aromatic N) is 2. The van der Waals surface area contributed by atoms with Crippen molar-refractivity contribution in [3.63, 3.8) is 0 Å². The van der Waals surface area contributed by atoms with Crippen LogP contribution in [0.15, 0.2) is 71.6 Å². The molecule has 38 heavy (non-hydrogen) atoms. The SMILES string of the molecule is CCOC(=O)CNS(=O)(=O)c1cc(-c2nnc(Nc3ccc(NC(C)=O)cc3)c3ccccc23)ccc1C. The number of aromatic nitrogens is 2. The lowest BCUT2D eigenvalue weighted by molar-refractivity contribution is -0.141. The summed E-state index contributed by atoms with van der Waals surface area (Å²) in [6.45, 7) is 4.47. The van der Waals surface area contributed by atoms with Gasteiger partial charge in [-0.2, -0.15) is 4.72 Å². The summed E-state index contributed by atoms with van der Waals surface area (Å²) >= 11 is 0. The van der Waals surface area contributed by atoms with E-state index in [0.717, 1.165) is 16.5 Å². The highest BCUT2D eigenvalue weighted by Crippen LogP contribution is 2.33. The fourth-order valence-corrected chi connectivity index (χ4v) is 5.10. The predicted molar refractivity (Wildman–Crippen MR) is 146 cm³/mol. The van der Waals surface area contributed by atoms with Crippen molar-refractivity contribution in [2.45, 2.75) is 25.7 Å². The topological polar surface area (TPSA) is 139 Å². The number of sulfonamides is 1. The monoisotopic (exact) mass is 533 g/mol. The first-order chi connectivity index (χ1) is 18.2. The molecule has 1 aromatic heterocycles. The Hall–Kier alpha value is -4.35. The summed E-state index contributed by atoms with van der Waals surface area (Å²) in [6, 6.07) is 19.7. The summed E-state index contributed by atoms with van der Waals surface area (Å²) in [7, 11) is -3.99. The Kier molecular flexibility index (Phi) is 7.99. The van der Waals surface area contributed by atoms with Crippen LogP contribution in [0.1, 0.15) is 19.4 Å². The Morgan fingerprint density at radius 2 is 1.61 bits per heavy atom. The molecule has 0 aliphatic carbocycles. The van der Waals surface area contributed by atoms with Crippen molar-refractivity contribution in [3.8, 4) is 11.3 Å². The van der Waals surface area contributed by atoms with E-state index < -0.39 is 22.5 Å².